The average molecular weight is 374 g/mol. The molecular weight excluding hydrogens is 346 g/mol. The number of aromatic hydroxyl groups is 1. The van der Waals surface area contributed by atoms with Crippen molar-refractivity contribution >= 4 is 0 Å². The highest BCUT2D eigenvalue weighted by Crippen LogP contribution is 2.35. The smallest absolute Gasteiger partial charge is 0.170 e. The molecule has 1 aromatic heterocycles. The van der Waals surface area contributed by atoms with Crippen LogP contribution in [0.15, 0.2) is 18.5 Å². The molecule has 3 nitrogen and oxygen atoms in total. The van der Waals surface area contributed by atoms with Crippen molar-refractivity contribution in [3.8, 4) is 17.1 Å². The summed E-state index contributed by atoms with van der Waals surface area (Å²) in [4.78, 5) is 7.84. The third kappa shape index (κ3) is 4.82. The number of benzene rings is 1. The Hall–Kier alpha value is -2.04. The SMILES string of the molecule is CCCCCCCCC1CCc2cc(-c3ncc(O)cn3)c(F)c(F)c2C1. The highest BCUT2D eigenvalue weighted by molar-refractivity contribution is 5.59. The molecule has 1 aliphatic rings. The number of halogens is 2. The van der Waals surface area contributed by atoms with Crippen LogP contribution in [0.5, 0.6) is 5.75 Å². The molecule has 0 aliphatic heterocycles. The zero-order valence-electron chi connectivity index (χ0n) is 16.0. The van der Waals surface area contributed by atoms with Crippen molar-refractivity contribution in [2.45, 2.75) is 71.1 Å². The molecule has 0 bridgehead atoms. The maximum absolute atomic E-state index is 14.7. The minimum absolute atomic E-state index is 0.0700. The van der Waals surface area contributed by atoms with E-state index < -0.39 is 11.6 Å². The summed E-state index contributed by atoms with van der Waals surface area (Å²) >= 11 is 0. The maximum atomic E-state index is 14.7. The topological polar surface area (TPSA) is 46.0 Å². The summed E-state index contributed by atoms with van der Waals surface area (Å²) in [6.07, 6.45) is 13.4. The van der Waals surface area contributed by atoms with E-state index in [1.807, 2.05) is 0 Å². The van der Waals surface area contributed by atoms with Crippen LogP contribution in [0.4, 0.5) is 8.78 Å². The third-order valence-electron chi connectivity index (χ3n) is 5.56. The van der Waals surface area contributed by atoms with Crippen LogP contribution in [-0.2, 0) is 12.8 Å². The van der Waals surface area contributed by atoms with Crippen molar-refractivity contribution in [2.75, 3.05) is 0 Å². The van der Waals surface area contributed by atoms with Crippen LogP contribution >= 0.6 is 0 Å². The Balaban J connectivity index is 1.67. The fourth-order valence-corrected chi connectivity index (χ4v) is 3.99. The lowest BCUT2D eigenvalue weighted by Crippen LogP contribution is -2.17. The Morgan fingerprint density at radius 3 is 2.48 bits per heavy atom. The molecule has 0 amide bonds. The van der Waals surface area contributed by atoms with E-state index in [4.69, 9.17) is 0 Å². The van der Waals surface area contributed by atoms with Crippen LogP contribution in [0.2, 0.25) is 0 Å². The molecular formula is C22H28F2N2O. The summed E-state index contributed by atoms with van der Waals surface area (Å²) in [6.45, 7) is 2.21. The first-order valence-electron chi connectivity index (χ1n) is 10.1. The number of rotatable bonds is 8. The molecule has 3 rings (SSSR count). The summed E-state index contributed by atoms with van der Waals surface area (Å²) in [7, 11) is 0. The molecule has 1 N–H and O–H groups in total. The first-order valence-corrected chi connectivity index (χ1v) is 10.1. The number of nitrogens with zero attached hydrogens (tertiary/aromatic N) is 2. The molecule has 1 atom stereocenters. The lowest BCUT2D eigenvalue weighted by Gasteiger charge is -2.26. The van der Waals surface area contributed by atoms with Crippen molar-refractivity contribution in [1.82, 2.24) is 9.97 Å². The van der Waals surface area contributed by atoms with Gasteiger partial charge in [-0.1, -0.05) is 51.9 Å². The van der Waals surface area contributed by atoms with Crippen molar-refractivity contribution in [1.29, 1.82) is 0 Å². The van der Waals surface area contributed by atoms with Gasteiger partial charge in [-0.3, -0.25) is 0 Å². The van der Waals surface area contributed by atoms with Gasteiger partial charge in [-0.15, -0.1) is 0 Å². The van der Waals surface area contributed by atoms with Gasteiger partial charge in [0.2, 0.25) is 0 Å². The summed E-state index contributed by atoms with van der Waals surface area (Å²) in [5.41, 5.74) is 1.46. The largest absolute Gasteiger partial charge is 0.505 e. The minimum Gasteiger partial charge on any atom is -0.505 e. The minimum atomic E-state index is -0.889. The van der Waals surface area contributed by atoms with Crippen LogP contribution < -0.4 is 0 Å². The molecule has 0 fully saturated rings. The quantitative estimate of drug-likeness (QED) is 0.578. The molecule has 146 valence electrons. The van der Waals surface area contributed by atoms with Crippen LogP contribution in [0.3, 0.4) is 0 Å². The van der Waals surface area contributed by atoms with Gasteiger partial charge >= 0.3 is 0 Å². The fraction of sp³-hybridized carbons (Fsp3) is 0.545. The second-order valence-corrected chi connectivity index (χ2v) is 7.62. The van der Waals surface area contributed by atoms with E-state index in [0.29, 0.717) is 17.9 Å². The number of aromatic nitrogens is 2. The van der Waals surface area contributed by atoms with E-state index in [9.17, 15) is 13.9 Å². The van der Waals surface area contributed by atoms with E-state index in [2.05, 4.69) is 16.9 Å². The molecule has 5 heteroatoms. The van der Waals surface area contributed by atoms with Crippen molar-refractivity contribution in [3.63, 3.8) is 0 Å². The Bertz CT molecular complexity index is 762. The molecule has 1 aliphatic carbocycles. The van der Waals surface area contributed by atoms with E-state index in [1.165, 1.54) is 50.9 Å². The lowest BCUT2D eigenvalue weighted by atomic mass is 9.80. The lowest BCUT2D eigenvalue weighted by molar-refractivity contribution is 0.388. The van der Waals surface area contributed by atoms with E-state index in [1.54, 1.807) is 6.07 Å². The van der Waals surface area contributed by atoms with Crippen molar-refractivity contribution in [2.24, 2.45) is 5.92 Å². The molecule has 2 aromatic rings. The van der Waals surface area contributed by atoms with Gasteiger partial charge in [0.1, 0.15) is 0 Å². The van der Waals surface area contributed by atoms with Crippen LogP contribution in [0.25, 0.3) is 11.4 Å². The molecule has 1 heterocycles. The van der Waals surface area contributed by atoms with Crippen LogP contribution in [-0.4, -0.2) is 15.1 Å². The highest BCUT2D eigenvalue weighted by atomic mass is 19.2. The predicted octanol–water partition coefficient (Wildman–Crippen LogP) is 5.98. The standard InChI is InChI=1S/C22H28F2N2O/c1-2-3-4-5-6-7-8-15-9-10-16-12-19(21(24)20(23)18(16)11-15)22-25-13-17(27)14-26-22/h12-15,27H,2-11H2,1H3. The number of aryl methyl sites for hydroxylation is 1. The summed E-state index contributed by atoms with van der Waals surface area (Å²) in [6, 6.07) is 1.68. The Labute approximate surface area is 159 Å². The molecule has 0 spiro atoms. The third-order valence-corrected chi connectivity index (χ3v) is 5.56. The van der Waals surface area contributed by atoms with Gasteiger partial charge in [0.25, 0.3) is 0 Å². The van der Waals surface area contributed by atoms with E-state index >= 15 is 0 Å². The first-order chi connectivity index (χ1) is 13.1. The van der Waals surface area contributed by atoms with Crippen molar-refractivity contribution in [3.05, 3.63) is 41.2 Å². The number of hydrogen-bond donors (Lipinski definition) is 1. The molecule has 0 saturated heterocycles. The molecule has 1 aromatic carbocycles. The molecule has 0 radical (unpaired) electrons. The Morgan fingerprint density at radius 2 is 1.74 bits per heavy atom. The normalized spacial score (nSPS) is 16.3. The van der Waals surface area contributed by atoms with Gasteiger partial charge in [-0.25, -0.2) is 18.7 Å². The maximum Gasteiger partial charge on any atom is 0.170 e. The van der Waals surface area contributed by atoms with Crippen LogP contribution in [0, 0.1) is 17.6 Å². The summed E-state index contributed by atoms with van der Waals surface area (Å²) in [5.74, 6) is -1.21. The second-order valence-electron chi connectivity index (χ2n) is 7.62. The number of fused-ring (bicyclic) bond motifs is 1. The van der Waals surface area contributed by atoms with Crippen molar-refractivity contribution < 1.29 is 13.9 Å². The summed E-state index contributed by atoms with van der Waals surface area (Å²) in [5, 5.41) is 9.29. The predicted molar refractivity (Wildman–Crippen MR) is 103 cm³/mol. The van der Waals surface area contributed by atoms with E-state index in [-0.39, 0.29) is 17.1 Å². The fourth-order valence-electron chi connectivity index (χ4n) is 3.99. The molecule has 0 saturated carbocycles. The number of hydrogen-bond acceptors (Lipinski definition) is 3. The van der Waals surface area contributed by atoms with Gasteiger partial charge in [0.15, 0.2) is 23.2 Å². The second kappa shape index (κ2) is 9.25. The average Bonchev–Trinajstić information content (AvgIpc) is 2.68. The van der Waals surface area contributed by atoms with Gasteiger partial charge in [0.05, 0.1) is 18.0 Å². The number of unbranched alkanes of at least 4 members (excludes halogenated alkanes) is 5. The van der Waals surface area contributed by atoms with Gasteiger partial charge < -0.3 is 5.11 Å². The monoisotopic (exact) mass is 374 g/mol. The molecule has 27 heavy (non-hydrogen) atoms. The first kappa shape index (κ1) is 19.7. The Kier molecular flexibility index (Phi) is 6.75. The van der Waals surface area contributed by atoms with Crippen LogP contribution in [0.1, 0.15) is 69.4 Å². The summed E-state index contributed by atoms with van der Waals surface area (Å²) < 4.78 is 29.3. The van der Waals surface area contributed by atoms with Gasteiger partial charge in [-0.2, -0.15) is 0 Å². The zero-order valence-corrected chi connectivity index (χ0v) is 16.0. The van der Waals surface area contributed by atoms with Gasteiger partial charge in [-0.05, 0) is 42.4 Å². The molecule has 1 unspecified atom stereocenters. The Morgan fingerprint density at radius 1 is 1.04 bits per heavy atom. The van der Waals surface area contributed by atoms with Gasteiger partial charge in [0, 0.05) is 0 Å². The zero-order chi connectivity index (χ0) is 19.2. The highest BCUT2D eigenvalue weighted by Gasteiger charge is 2.26. The van der Waals surface area contributed by atoms with E-state index in [0.717, 1.165) is 24.8 Å².